The normalized spacial score (nSPS) is 10.7. The third-order valence-electron chi connectivity index (χ3n) is 2.83. The molecular formula is C14H17BrN2O. The zero-order valence-electron chi connectivity index (χ0n) is 10.9. The first-order chi connectivity index (χ1) is 8.60. The fraction of sp³-hybridized carbons (Fsp3) is 0.357. The van der Waals surface area contributed by atoms with Gasteiger partial charge in [-0.25, -0.2) is 0 Å². The Labute approximate surface area is 116 Å². The Balaban J connectivity index is 2.13. The molecule has 0 N–H and O–H groups in total. The molecule has 3 nitrogen and oxygen atoms in total. The van der Waals surface area contributed by atoms with Crippen LogP contribution in [-0.4, -0.2) is 9.78 Å². The van der Waals surface area contributed by atoms with Crippen molar-refractivity contribution in [3.05, 3.63) is 46.8 Å². The van der Waals surface area contributed by atoms with Crippen LogP contribution in [0.4, 0.5) is 0 Å². The number of halogens is 1. The standard InChI is InChI=1S/C14H17BrN2O/c1-10-4-5-14(12(6-10)8-15)18-9-13-7-11(2)16-17(13)3/h4-7H,8-9H2,1-3H3. The molecule has 0 saturated heterocycles. The number of aryl methyl sites for hydroxylation is 3. The first-order valence-corrected chi connectivity index (χ1v) is 7.00. The lowest BCUT2D eigenvalue weighted by Gasteiger charge is -2.10. The van der Waals surface area contributed by atoms with E-state index in [9.17, 15) is 0 Å². The van der Waals surface area contributed by atoms with Crippen molar-refractivity contribution in [2.24, 2.45) is 7.05 Å². The van der Waals surface area contributed by atoms with E-state index in [0.29, 0.717) is 6.61 Å². The van der Waals surface area contributed by atoms with Crippen molar-refractivity contribution >= 4 is 15.9 Å². The van der Waals surface area contributed by atoms with Gasteiger partial charge in [-0.1, -0.05) is 33.6 Å². The van der Waals surface area contributed by atoms with Crippen LogP contribution >= 0.6 is 15.9 Å². The number of aromatic nitrogens is 2. The summed E-state index contributed by atoms with van der Waals surface area (Å²) >= 11 is 3.49. The zero-order valence-corrected chi connectivity index (χ0v) is 12.5. The largest absolute Gasteiger partial charge is 0.487 e. The minimum absolute atomic E-state index is 0.542. The zero-order chi connectivity index (χ0) is 13.1. The Kier molecular flexibility index (Phi) is 4.07. The van der Waals surface area contributed by atoms with Crippen molar-refractivity contribution in [1.29, 1.82) is 0 Å². The summed E-state index contributed by atoms with van der Waals surface area (Å²) in [5.41, 5.74) is 4.51. The predicted molar refractivity (Wildman–Crippen MR) is 76.1 cm³/mol. The fourth-order valence-corrected chi connectivity index (χ4v) is 2.34. The van der Waals surface area contributed by atoms with Crippen LogP contribution in [0.15, 0.2) is 24.3 Å². The number of hydrogen-bond donors (Lipinski definition) is 0. The summed E-state index contributed by atoms with van der Waals surface area (Å²) in [6, 6.07) is 8.27. The summed E-state index contributed by atoms with van der Waals surface area (Å²) in [5, 5.41) is 5.11. The Morgan fingerprint density at radius 3 is 2.67 bits per heavy atom. The van der Waals surface area contributed by atoms with Crippen LogP contribution in [0.1, 0.15) is 22.5 Å². The van der Waals surface area contributed by atoms with E-state index in [1.165, 1.54) is 11.1 Å². The van der Waals surface area contributed by atoms with Crippen molar-refractivity contribution < 1.29 is 4.74 Å². The third-order valence-corrected chi connectivity index (χ3v) is 3.44. The molecule has 0 aliphatic rings. The minimum Gasteiger partial charge on any atom is -0.487 e. The molecule has 0 bridgehead atoms. The van der Waals surface area contributed by atoms with Crippen LogP contribution in [0.2, 0.25) is 0 Å². The highest BCUT2D eigenvalue weighted by molar-refractivity contribution is 9.08. The van der Waals surface area contributed by atoms with Crippen molar-refractivity contribution in [3.8, 4) is 5.75 Å². The van der Waals surface area contributed by atoms with Gasteiger partial charge in [-0.2, -0.15) is 5.10 Å². The van der Waals surface area contributed by atoms with Crippen LogP contribution in [0.5, 0.6) is 5.75 Å². The van der Waals surface area contributed by atoms with Crippen molar-refractivity contribution in [1.82, 2.24) is 9.78 Å². The van der Waals surface area contributed by atoms with Crippen molar-refractivity contribution in [3.63, 3.8) is 0 Å². The van der Waals surface area contributed by atoms with Crippen LogP contribution in [0.3, 0.4) is 0 Å². The minimum atomic E-state index is 0.542. The number of alkyl halides is 1. The fourth-order valence-electron chi connectivity index (χ4n) is 1.90. The van der Waals surface area contributed by atoms with Gasteiger partial charge in [0.05, 0.1) is 11.4 Å². The lowest BCUT2D eigenvalue weighted by atomic mass is 10.1. The highest BCUT2D eigenvalue weighted by Crippen LogP contribution is 2.23. The van der Waals surface area contributed by atoms with Crippen LogP contribution < -0.4 is 4.74 Å². The van der Waals surface area contributed by atoms with E-state index in [0.717, 1.165) is 22.5 Å². The molecule has 96 valence electrons. The Morgan fingerprint density at radius 1 is 1.28 bits per heavy atom. The summed E-state index contributed by atoms with van der Waals surface area (Å²) in [6.07, 6.45) is 0. The van der Waals surface area contributed by atoms with Crippen molar-refractivity contribution in [2.75, 3.05) is 0 Å². The maximum Gasteiger partial charge on any atom is 0.130 e. The highest BCUT2D eigenvalue weighted by Gasteiger charge is 2.06. The van der Waals surface area contributed by atoms with E-state index in [-0.39, 0.29) is 0 Å². The van der Waals surface area contributed by atoms with Crippen LogP contribution in [0, 0.1) is 13.8 Å². The Morgan fingerprint density at radius 2 is 2.06 bits per heavy atom. The second-order valence-electron chi connectivity index (χ2n) is 4.43. The van der Waals surface area contributed by atoms with Gasteiger partial charge in [0.1, 0.15) is 12.4 Å². The summed E-state index contributed by atoms with van der Waals surface area (Å²) in [6.45, 7) is 4.61. The maximum absolute atomic E-state index is 5.87. The summed E-state index contributed by atoms with van der Waals surface area (Å²) < 4.78 is 7.73. The number of benzene rings is 1. The maximum atomic E-state index is 5.87. The molecule has 0 amide bonds. The van der Waals surface area contributed by atoms with E-state index < -0.39 is 0 Å². The lowest BCUT2D eigenvalue weighted by molar-refractivity contribution is 0.292. The van der Waals surface area contributed by atoms with E-state index in [1.807, 2.05) is 30.8 Å². The van der Waals surface area contributed by atoms with Gasteiger partial charge in [0.25, 0.3) is 0 Å². The van der Waals surface area contributed by atoms with E-state index in [1.54, 1.807) is 0 Å². The van der Waals surface area contributed by atoms with Gasteiger partial charge in [0.2, 0.25) is 0 Å². The molecule has 0 atom stereocenters. The van der Waals surface area contributed by atoms with E-state index >= 15 is 0 Å². The molecule has 1 heterocycles. The molecular weight excluding hydrogens is 292 g/mol. The molecule has 1 aromatic heterocycles. The SMILES string of the molecule is Cc1ccc(OCc2cc(C)nn2C)c(CBr)c1. The quantitative estimate of drug-likeness (QED) is 0.808. The average molecular weight is 309 g/mol. The highest BCUT2D eigenvalue weighted by atomic mass is 79.9. The second kappa shape index (κ2) is 5.57. The lowest BCUT2D eigenvalue weighted by Crippen LogP contribution is -2.04. The molecule has 0 radical (unpaired) electrons. The number of nitrogens with zero attached hydrogens (tertiary/aromatic N) is 2. The molecule has 0 saturated carbocycles. The van der Waals surface area contributed by atoms with Gasteiger partial charge in [-0.05, 0) is 26.0 Å². The van der Waals surface area contributed by atoms with Crippen LogP contribution in [0.25, 0.3) is 0 Å². The molecule has 0 spiro atoms. The summed E-state index contributed by atoms with van der Waals surface area (Å²) in [5.74, 6) is 0.927. The Hall–Kier alpha value is -1.29. The van der Waals surface area contributed by atoms with Gasteiger partial charge in [-0.15, -0.1) is 0 Å². The van der Waals surface area contributed by atoms with Gasteiger partial charge < -0.3 is 4.74 Å². The molecule has 2 aromatic rings. The first kappa shape index (κ1) is 13.1. The second-order valence-corrected chi connectivity index (χ2v) is 4.99. The summed E-state index contributed by atoms with van der Waals surface area (Å²) in [7, 11) is 1.94. The topological polar surface area (TPSA) is 27.1 Å². The number of hydrogen-bond acceptors (Lipinski definition) is 2. The van der Waals surface area contributed by atoms with Gasteiger partial charge in [0, 0.05) is 17.9 Å². The van der Waals surface area contributed by atoms with Gasteiger partial charge in [0.15, 0.2) is 0 Å². The third kappa shape index (κ3) is 2.93. The Bertz CT molecular complexity index is 549. The molecule has 0 unspecified atom stereocenters. The van der Waals surface area contributed by atoms with Gasteiger partial charge >= 0.3 is 0 Å². The molecule has 0 fully saturated rings. The first-order valence-electron chi connectivity index (χ1n) is 5.88. The molecule has 4 heteroatoms. The van der Waals surface area contributed by atoms with Crippen molar-refractivity contribution in [2.45, 2.75) is 25.8 Å². The van der Waals surface area contributed by atoms with E-state index in [2.05, 4.69) is 40.1 Å². The van der Waals surface area contributed by atoms with Gasteiger partial charge in [-0.3, -0.25) is 4.68 Å². The average Bonchev–Trinajstić information content (AvgIpc) is 2.66. The predicted octanol–water partition coefficient (Wildman–Crippen LogP) is 3.51. The number of rotatable bonds is 4. The monoisotopic (exact) mass is 308 g/mol. The molecule has 1 aromatic carbocycles. The van der Waals surface area contributed by atoms with Crippen LogP contribution in [-0.2, 0) is 19.0 Å². The molecule has 18 heavy (non-hydrogen) atoms. The number of ether oxygens (including phenoxy) is 1. The smallest absolute Gasteiger partial charge is 0.130 e. The molecule has 0 aliphatic carbocycles. The molecule has 0 aliphatic heterocycles. The summed E-state index contributed by atoms with van der Waals surface area (Å²) in [4.78, 5) is 0. The molecule has 2 rings (SSSR count). The van der Waals surface area contributed by atoms with E-state index in [4.69, 9.17) is 4.74 Å².